The first-order valence-corrected chi connectivity index (χ1v) is 5.16. The van der Waals surface area contributed by atoms with Gasteiger partial charge in [0.05, 0.1) is 18.2 Å². The van der Waals surface area contributed by atoms with Gasteiger partial charge in [-0.15, -0.1) is 0 Å². The van der Waals surface area contributed by atoms with E-state index in [2.05, 4.69) is 10.4 Å². The molecular weight excluding hydrogens is 218 g/mol. The van der Waals surface area contributed by atoms with E-state index in [9.17, 15) is 4.79 Å². The van der Waals surface area contributed by atoms with Gasteiger partial charge in [-0.25, -0.2) is 4.79 Å². The van der Waals surface area contributed by atoms with Gasteiger partial charge in [0.1, 0.15) is 0 Å². The van der Waals surface area contributed by atoms with Crippen LogP contribution in [-0.4, -0.2) is 18.1 Å². The van der Waals surface area contributed by atoms with Gasteiger partial charge in [-0.2, -0.15) is 0 Å². The van der Waals surface area contributed by atoms with Gasteiger partial charge in [0, 0.05) is 18.1 Å². The van der Waals surface area contributed by atoms with Crippen LogP contribution in [0.3, 0.4) is 0 Å². The zero-order valence-corrected chi connectivity index (χ0v) is 9.43. The maximum Gasteiger partial charge on any atom is 0.338 e. The van der Waals surface area contributed by atoms with E-state index >= 15 is 0 Å². The number of hydrogen-bond acceptors (Lipinski definition) is 5. The van der Waals surface area contributed by atoms with Gasteiger partial charge < -0.3 is 4.74 Å². The lowest BCUT2D eigenvalue weighted by molar-refractivity contribution is 0.0603. The van der Waals surface area contributed by atoms with Crippen LogP contribution in [0.4, 0.5) is 0 Å². The summed E-state index contributed by atoms with van der Waals surface area (Å²) in [5.41, 5.74) is 4.79. The van der Waals surface area contributed by atoms with Crippen molar-refractivity contribution in [2.75, 3.05) is 7.11 Å². The number of aromatic nitrogens is 1. The van der Waals surface area contributed by atoms with E-state index in [0.29, 0.717) is 12.1 Å². The summed E-state index contributed by atoms with van der Waals surface area (Å²) in [5.74, 6) is 4.94. The fourth-order valence-corrected chi connectivity index (χ4v) is 1.77. The van der Waals surface area contributed by atoms with E-state index in [0.717, 1.165) is 16.5 Å². The number of esters is 1. The van der Waals surface area contributed by atoms with Crippen LogP contribution >= 0.6 is 0 Å². The molecule has 1 aromatic carbocycles. The number of nitrogens with two attached hydrogens (primary N) is 1. The molecular formula is C12H13N3O2. The smallest absolute Gasteiger partial charge is 0.338 e. The number of benzene rings is 1. The van der Waals surface area contributed by atoms with Gasteiger partial charge >= 0.3 is 5.97 Å². The molecule has 0 radical (unpaired) electrons. The van der Waals surface area contributed by atoms with Crippen LogP contribution in [0.1, 0.15) is 15.9 Å². The number of fused-ring (bicyclic) bond motifs is 1. The molecule has 0 saturated heterocycles. The third-order valence-corrected chi connectivity index (χ3v) is 2.55. The minimum atomic E-state index is -0.366. The normalized spacial score (nSPS) is 10.5. The summed E-state index contributed by atoms with van der Waals surface area (Å²) in [4.78, 5) is 15.9. The van der Waals surface area contributed by atoms with Gasteiger partial charge in [0.2, 0.25) is 0 Å². The van der Waals surface area contributed by atoms with Crippen LogP contribution in [0, 0.1) is 0 Å². The molecule has 0 aliphatic heterocycles. The topological polar surface area (TPSA) is 77.2 Å². The number of carbonyl (C=O) groups is 1. The highest BCUT2D eigenvalue weighted by Crippen LogP contribution is 2.21. The van der Waals surface area contributed by atoms with E-state index in [1.807, 2.05) is 12.1 Å². The molecule has 0 unspecified atom stereocenters. The summed E-state index contributed by atoms with van der Waals surface area (Å²) < 4.78 is 4.74. The molecule has 5 nitrogen and oxygen atoms in total. The number of carbonyl (C=O) groups excluding carboxylic acids is 1. The second-order valence-electron chi connectivity index (χ2n) is 3.54. The van der Waals surface area contributed by atoms with Crippen LogP contribution in [-0.2, 0) is 11.3 Å². The van der Waals surface area contributed by atoms with Gasteiger partial charge in [0.15, 0.2) is 0 Å². The number of rotatable bonds is 3. The Hall–Kier alpha value is -1.98. The maximum absolute atomic E-state index is 11.6. The number of ether oxygens (including phenoxy) is 1. The molecule has 1 heterocycles. The first-order valence-electron chi connectivity index (χ1n) is 5.16. The molecule has 0 atom stereocenters. The van der Waals surface area contributed by atoms with Gasteiger partial charge in [0.25, 0.3) is 0 Å². The van der Waals surface area contributed by atoms with Crippen LogP contribution < -0.4 is 11.3 Å². The van der Waals surface area contributed by atoms with Crippen LogP contribution in [0.15, 0.2) is 30.5 Å². The highest BCUT2D eigenvalue weighted by atomic mass is 16.5. The standard InChI is InChI=1S/C12H13N3O2/c1-17-12(16)10-5-4-8(7-15-13)11-9(10)3-2-6-14-11/h2-6,15H,7,13H2,1H3. The lowest BCUT2D eigenvalue weighted by atomic mass is 10.0. The van der Waals surface area contributed by atoms with E-state index in [4.69, 9.17) is 10.6 Å². The molecule has 0 saturated carbocycles. The molecule has 0 amide bonds. The van der Waals surface area contributed by atoms with Crippen molar-refractivity contribution in [3.63, 3.8) is 0 Å². The Labute approximate surface area is 98.6 Å². The summed E-state index contributed by atoms with van der Waals surface area (Å²) in [6.07, 6.45) is 1.68. The lowest BCUT2D eigenvalue weighted by Crippen LogP contribution is -2.21. The van der Waals surface area contributed by atoms with E-state index in [1.165, 1.54) is 7.11 Å². The number of pyridine rings is 1. The summed E-state index contributed by atoms with van der Waals surface area (Å²) in [6.45, 7) is 0.495. The predicted octanol–water partition coefficient (Wildman–Crippen LogP) is 0.985. The summed E-state index contributed by atoms with van der Waals surface area (Å²) >= 11 is 0. The van der Waals surface area contributed by atoms with Crippen molar-refractivity contribution in [2.45, 2.75) is 6.54 Å². The summed E-state index contributed by atoms with van der Waals surface area (Å²) in [6, 6.07) is 7.17. The van der Waals surface area contributed by atoms with Gasteiger partial charge in [-0.05, 0) is 17.7 Å². The SMILES string of the molecule is COC(=O)c1ccc(CNN)c2ncccc12. The number of hydrogen-bond donors (Lipinski definition) is 2. The lowest BCUT2D eigenvalue weighted by Gasteiger charge is -2.08. The van der Waals surface area contributed by atoms with Crippen LogP contribution in [0.5, 0.6) is 0 Å². The molecule has 0 fully saturated rings. The number of nitrogens with one attached hydrogen (secondary N) is 1. The van der Waals surface area contributed by atoms with Crippen molar-refractivity contribution in [3.8, 4) is 0 Å². The van der Waals surface area contributed by atoms with Gasteiger partial charge in [-0.1, -0.05) is 12.1 Å². The number of hydrazine groups is 1. The van der Waals surface area contributed by atoms with Crippen molar-refractivity contribution in [1.29, 1.82) is 0 Å². The first-order chi connectivity index (χ1) is 8.27. The third-order valence-electron chi connectivity index (χ3n) is 2.55. The molecule has 0 spiro atoms. The highest BCUT2D eigenvalue weighted by Gasteiger charge is 2.12. The molecule has 0 bridgehead atoms. The Morgan fingerprint density at radius 3 is 3.00 bits per heavy atom. The third kappa shape index (κ3) is 2.11. The molecule has 1 aromatic heterocycles. The quantitative estimate of drug-likeness (QED) is 0.468. The molecule has 0 aliphatic carbocycles. The maximum atomic E-state index is 11.6. The molecule has 5 heteroatoms. The number of methoxy groups -OCH3 is 1. The molecule has 17 heavy (non-hydrogen) atoms. The summed E-state index contributed by atoms with van der Waals surface area (Å²) in [7, 11) is 1.36. The molecule has 0 aliphatic rings. The minimum absolute atomic E-state index is 0.366. The largest absolute Gasteiger partial charge is 0.465 e. The van der Waals surface area contributed by atoms with E-state index < -0.39 is 0 Å². The highest BCUT2D eigenvalue weighted by molar-refractivity contribution is 6.04. The Bertz CT molecular complexity index is 554. The van der Waals surface area contributed by atoms with Crippen molar-refractivity contribution < 1.29 is 9.53 Å². The zero-order valence-electron chi connectivity index (χ0n) is 9.43. The Balaban J connectivity index is 2.66. The molecule has 2 aromatic rings. The second-order valence-corrected chi connectivity index (χ2v) is 3.54. The van der Waals surface area contributed by atoms with Crippen molar-refractivity contribution in [3.05, 3.63) is 41.6 Å². The minimum Gasteiger partial charge on any atom is -0.465 e. The number of nitrogens with zero attached hydrogens (tertiary/aromatic N) is 1. The Morgan fingerprint density at radius 1 is 1.47 bits per heavy atom. The summed E-state index contributed by atoms with van der Waals surface area (Å²) in [5, 5.41) is 0.770. The predicted molar refractivity (Wildman–Crippen MR) is 64.1 cm³/mol. The van der Waals surface area contributed by atoms with Gasteiger partial charge in [-0.3, -0.25) is 16.3 Å². The molecule has 88 valence electrons. The van der Waals surface area contributed by atoms with Crippen molar-refractivity contribution in [1.82, 2.24) is 10.4 Å². The molecule has 2 rings (SSSR count). The van der Waals surface area contributed by atoms with Crippen LogP contribution in [0.25, 0.3) is 10.9 Å². The van der Waals surface area contributed by atoms with E-state index in [-0.39, 0.29) is 5.97 Å². The monoisotopic (exact) mass is 231 g/mol. The fraction of sp³-hybridized carbons (Fsp3) is 0.167. The van der Waals surface area contributed by atoms with E-state index in [1.54, 1.807) is 18.3 Å². The van der Waals surface area contributed by atoms with Crippen LogP contribution in [0.2, 0.25) is 0 Å². The Kier molecular flexibility index (Phi) is 3.32. The fourth-order valence-electron chi connectivity index (χ4n) is 1.77. The Morgan fingerprint density at radius 2 is 2.29 bits per heavy atom. The van der Waals surface area contributed by atoms with Crippen molar-refractivity contribution in [2.24, 2.45) is 5.84 Å². The average Bonchev–Trinajstić information content (AvgIpc) is 2.38. The zero-order chi connectivity index (χ0) is 12.3. The second kappa shape index (κ2) is 4.90. The molecule has 3 N–H and O–H groups in total. The first kappa shape index (κ1) is 11.5. The average molecular weight is 231 g/mol. The van der Waals surface area contributed by atoms with Crippen molar-refractivity contribution >= 4 is 16.9 Å².